The lowest BCUT2D eigenvalue weighted by atomic mass is 10.1. The van der Waals surface area contributed by atoms with Crippen molar-refractivity contribution in [3.8, 4) is 0 Å². The van der Waals surface area contributed by atoms with Gasteiger partial charge in [0.25, 0.3) is 0 Å². The summed E-state index contributed by atoms with van der Waals surface area (Å²) in [6, 6.07) is 0.0440. The highest BCUT2D eigenvalue weighted by atomic mass is 16.2. The summed E-state index contributed by atoms with van der Waals surface area (Å²) >= 11 is 0. The van der Waals surface area contributed by atoms with Crippen molar-refractivity contribution in [1.82, 2.24) is 15.1 Å². The smallest absolute Gasteiger partial charge is 0.240 e. The maximum atomic E-state index is 12.3. The summed E-state index contributed by atoms with van der Waals surface area (Å²) in [6.45, 7) is 4.99. The molecule has 2 fully saturated rings. The number of likely N-dealkylation sites (tertiary alicyclic amines) is 1. The zero-order chi connectivity index (χ0) is 12.4. The van der Waals surface area contributed by atoms with Gasteiger partial charge in [-0.25, -0.2) is 0 Å². The van der Waals surface area contributed by atoms with Crippen molar-refractivity contribution in [2.75, 3.05) is 33.9 Å². The maximum Gasteiger partial charge on any atom is 0.240 e. The lowest BCUT2D eigenvalue weighted by Crippen LogP contribution is -2.48. The van der Waals surface area contributed by atoms with E-state index in [1.165, 1.54) is 6.42 Å². The molecule has 0 aromatic heterocycles. The Hall–Kier alpha value is -0.610. The molecule has 2 aliphatic rings. The number of nitrogens with one attached hydrogen (secondary N) is 1. The Morgan fingerprint density at radius 3 is 2.82 bits per heavy atom. The maximum absolute atomic E-state index is 12.3. The molecule has 17 heavy (non-hydrogen) atoms. The van der Waals surface area contributed by atoms with Gasteiger partial charge in [0, 0.05) is 6.54 Å². The summed E-state index contributed by atoms with van der Waals surface area (Å²) in [7, 11) is 4.00. The van der Waals surface area contributed by atoms with E-state index in [0.29, 0.717) is 5.91 Å². The third-order valence-electron chi connectivity index (χ3n) is 4.04. The van der Waals surface area contributed by atoms with Crippen LogP contribution in [0.25, 0.3) is 0 Å². The zero-order valence-corrected chi connectivity index (χ0v) is 11.3. The lowest BCUT2D eigenvalue weighted by Gasteiger charge is -2.29. The van der Waals surface area contributed by atoms with Crippen LogP contribution in [0.3, 0.4) is 0 Å². The summed E-state index contributed by atoms with van der Waals surface area (Å²) in [6.07, 6.45) is 3.49. The third-order valence-corrected chi connectivity index (χ3v) is 4.04. The van der Waals surface area contributed by atoms with E-state index in [1.807, 2.05) is 7.05 Å². The average molecular weight is 239 g/mol. The number of hydrogen-bond donors (Lipinski definition) is 1. The van der Waals surface area contributed by atoms with Gasteiger partial charge in [0.15, 0.2) is 0 Å². The molecule has 0 spiro atoms. The first kappa shape index (κ1) is 12.8. The molecule has 0 bridgehead atoms. The first-order chi connectivity index (χ1) is 8.15. The zero-order valence-electron chi connectivity index (χ0n) is 11.3. The minimum absolute atomic E-state index is 0.0440. The molecule has 2 rings (SSSR count). The second-order valence-electron chi connectivity index (χ2n) is 5.61. The fourth-order valence-corrected chi connectivity index (χ4v) is 2.93. The number of carbonyl (C=O) groups is 1. The highest BCUT2D eigenvalue weighted by molar-refractivity contribution is 5.82. The Labute approximate surface area is 104 Å². The quantitative estimate of drug-likeness (QED) is 0.769. The highest BCUT2D eigenvalue weighted by Crippen LogP contribution is 2.44. The van der Waals surface area contributed by atoms with E-state index in [-0.39, 0.29) is 6.04 Å². The summed E-state index contributed by atoms with van der Waals surface area (Å²) in [5, 5.41) is 3.18. The standard InChI is InChI=1S/C13H25N3O/c1-4-5-15(3)9-16-8-11-6-10(11)7-12(14-2)13(16)17/h10-12,14H,4-9H2,1-3H3. The molecule has 1 saturated carbocycles. The van der Waals surface area contributed by atoms with Crippen molar-refractivity contribution in [2.45, 2.75) is 32.2 Å². The van der Waals surface area contributed by atoms with Crippen LogP contribution < -0.4 is 5.32 Å². The first-order valence-corrected chi connectivity index (χ1v) is 6.80. The molecule has 0 aromatic rings. The molecule has 1 aliphatic carbocycles. The van der Waals surface area contributed by atoms with E-state index in [4.69, 9.17) is 0 Å². The van der Waals surface area contributed by atoms with Crippen molar-refractivity contribution < 1.29 is 4.79 Å². The topological polar surface area (TPSA) is 35.6 Å². The second-order valence-corrected chi connectivity index (χ2v) is 5.61. The van der Waals surface area contributed by atoms with Gasteiger partial charge < -0.3 is 10.2 Å². The van der Waals surface area contributed by atoms with E-state index in [2.05, 4.69) is 29.1 Å². The Morgan fingerprint density at radius 1 is 1.41 bits per heavy atom. The van der Waals surface area contributed by atoms with Gasteiger partial charge in [-0.05, 0) is 51.7 Å². The monoisotopic (exact) mass is 239 g/mol. The van der Waals surface area contributed by atoms with E-state index >= 15 is 0 Å². The summed E-state index contributed by atoms with van der Waals surface area (Å²) < 4.78 is 0. The molecule has 4 heteroatoms. The van der Waals surface area contributed by atoms with Gasteiger partial charge in [-0.15, -0.1) is 0 Å². The molecule has 4 nitrogen and oxygen atoms in total. The first-order valence-electron chi connectivity index (χ1n) is 6.80. The molecular weight excluding hydrogens is 214 g/mol. The van der Waals surface area contributed by atoms with Crippen molar-refractivity contribution in [1.29, 1.82) is 0 Å². The van der Waals surface area contributed by atoms with Gasteiger partial charge in [-0.3, -0.25) is 9.69 Å². The van der Waals surface area contributed by atoms with Crippen LogP contribution in [-0.2, 0) is 4.79 Å². The number of fused-ring (bicyclic) bond motifs is 1. The molecule has 1 amide bonds. The van der Waals surface area contributed by atoms with E-state index < -0.39 is 0 Å². The van der Waals surface area contributed by atoms with E-state index in [9.17, 15) is 4.79 Å². The predicted molar refractivity (Wildman–Crippen MR) is 68.6 cm³/mol. The van der Waals surface area contributed by atoms with Gasteiger partial charge in [0.05, 0.1) is 12.7 Å². The van der Waals surface area contributed by atoms with Gasteiger partial charge >= 0.3 is 0 Å². The fourth-order valence-electron chi connectivity index (χ4n) is 2.93. The van der Waals surface area contributed by atoms with Crippen molar-refractivity contribution >= 4 is 5.91 Å². The van der Waals surface area contributed by atoms with Gasteiger partial charge in [0.1, 0.15) is 0 Å². The Bertz CT molecular complexity index is 282. The predicted octanol–water partition coefficient (Wildman–Crippen LogP) is 0.742. The average Bonchev–Trinajstić information content (AvgIpc) is 3.02. The Kier molecular flexibility index (Phi) is 4.05. The van der Waals surface area contributed by atoms with Gasteiger partial charge in [-0.1, -0.05) is 6.92 Å². The highest BCUT2D eigenvalue weighted by Gasteiger charge is 2.45. The molecule has 1 aliphatic heterocycles. The molecule has 1 heterocycles. The van der Waals surface area contributed by atoms with Crippen LogP contribution in [0.2, 0.25) is 0 Å². The number of rotatable bonds is 5. The minimum Gasteiger partial charge on any atom is -0.328 e. The van der Waals surface area contributed by atoms with E-state index in [1.54, 1.807) is 0 Å². The minimum atomic E-state index is 0.0440. The van der Waals surface area contributed by atoms with Crippen molar-refractivity contribution in [2.24, 2.45) is 11.8 Å². The molecule has 3 atom stereocenters. The van der Waals surface area contributed by atoms with Crippen molar-refractivity contribution in [3.05, 3.63) is 0 Å². The molecule has 0 radical (unpaired) electrons. The molecule has 1 saturated heterocycles. The third kappa shape index (κ3) is 2.99. The fraction of sp³-hybridized carbons (Fsp3) is 0.923. The lowest BCUT2D eigenvalue weighted by molar-refractivity contribution is -0.135. The van der Waals surface area contributed by atoms with Crippen LogP contribution in [0.4, 0.5) is 0 Å². The van der Waals surface area contributed by atoms with E-state index in [0.717, 1.165) is 44.4 Å². The molecular formula is C13H25N3O. The summed E-state index contributed by atoms with van der Waals surface area (Å²) in [4.78, 5) is 16.6. The summed E-state index contributed by atoms with van der Waals surface area (Å²) in [5.41, 5.74) is 0. The number of carbonyl (C=O) groups excluding carboxylic acids is 1. The number of hydrogen-bond acceptors (Lipinski definition) is 3. The van der Waals surface area contributed by atoms with Crippen LogP contribution in [0.15, 0.2) is 0 Å². The SMILES string of the molecule is CCCN(C)CN1CC2CC2CC(NC)C1=O. The number of likely N-dealkylation sites (N-methyl/N-ethyl adjacent to an activating group) is 1. The van der Waals surface area contributed by atoms with Crippen LogP contribution in [0.1, 0.15) is 26.2 Å². The van der Waals surface area contributed by atoms with Crippen LogP contribution in [0, 0.1) is 11.8 Å². The van der Waals surface area contributed by atoms with Gasteiger partial charge in [0.2, 0.25) is 5.91 Å². The molecule has 1 N–H and O–H groups in total. The molecule has 98 valence electrons. The Balaban J connectivity index is 1.96. The van der Waals surface area contributed by atoms with Crippen LogP contribution in [0.5, 0.6) is 0 Å². The molecule has 3 unspecified atom stereocenters. The second kappa shape index (κ2) is 5.36. The van der Waals surface area contributed by atoms with Gasteiger partial charge in [-0.2, -0.15) is 0 Å². The van der Waals surface area contributed by atoms with Crippen LogP contribution >= 0.6 is 0 Å². The largest absolute Gasteiger partial charge is 0.328 e. The van der Waals surface area contributed by atoms with Crippen LogP contribution in [-0.4, -0.2) is 55.6 Å². The number of nitrogens with zero attached hydrogens (tertiary/aromatic N) is 2. The van der Waals surface area contributed by atoms with Crippen molar-refractivity contribution in [3.63, 3.8) is 0 Å². The number of amides is 1. The Morgan fingerprint density at radius 2 is 2.18 bits per heavy atom. The normalized spacial score (nSPS) is 32.6. The molecule has 0 aromatic carbocycles. The summed E-state index contributed by atoms with van der Waals surface area (Å²) in [5.74, 6) is 1.85.